The fourth-order valence-electron chi connectivity index (χ4n) is 2.63. The van der Waals surface area contributed by atoms with Crippen LogP contribution in [0.4, 0.5) is 13.2 Å². The molecule has 0 fully saturated rings. The normalized spacial score (nSPS) is 14.1. The minimum absolute atomic E-state index is 0.271. The molecule has 27 heavy (non-hydrogen) atoms. The zero-order valence-corrected chi connectivity index (χ0v) is 15.4. The maximum atomic E-state index is 12.5. The molecule has 146 valence electrons. The number of aliphatic hydroxyl groups is 1. The van der Waals surface area contributed by atoms with E-state index >= 15 is 0 Å². The van der Waals surface area contributed by atoms with Crippen LogP contribution in [0.15, 0.2) is 12.3 Å². The van der Waals surface area contributed by atoms with Crippen molar-refractivity contribution in [2.24, 2.45) is 7.05 Å². The van der Waals surface area contributed by atoms with Gasteiger partial charge in [0.2, 0.25) is 0 Å². The van der Waals surface area contributed by atoms with E-state index in [2.05, 4.69) is 25.4 Å². The lowest BCUT2D eigenvalue weighted by Crippen LogP contribution is -2.25. The molecule has 3 aromatic heterocycles. The van der Waals surface area contributed by atoms with Gasteiger partial charge in [-0.3, -0.25) is 4.68 Å². The lowest BCUT2D eigenvalue weighted by molar-refractivity contribution is -0.154. The van der Waals surface area contributed by atoms with Crippen LogP contribution in [-0.4, -0.2) is 52.1 Å². The number of aliphatic hydroxyl groups excluding tert-OH is 1. The summed E-state index contributed by atoms with van der Waals surface area (Å²) in [5.74, 6) is 0.486. The number of rotatable bonds is 4. The summed E-state index contributed by atoms with van der Waals surface area (Å²) in [7, 11) is 1.75. The molecule has 1 atom stereocenters. The molecule has 3 aromatic rings. The van der Waals surface area contributed by atoms with Gasteiger partial charge in [-0.1, -0.05) is 26.0 Å². The van der Waals surface area contributed by atoms with E-state index in [0.717, 1.165) is 0 Å². The molecular formula is C16H20F3N7O. The first kappa shape index (κ1) is 19.2. The van der Waals surface area contributed by atoms with Crippen LogP contribution in [0.5, 0.6) is 0 Å². The fraction of sp³-hybridized carbons (Fsp3) is 0.562. The topological polar surface area (TPSA) is 94.5 Å². The molecule has 0 saturated heterocycles. The maximum absolute atomic E-state index is 12.5. The molecule has 11 heteroatoms. The summed E-state index contributed by atoms with van der Waals surface area (Å²) < 4.78 is 40.4. The Morgan fingerprint density at radius 3 is 2.44 bits per heavy atom. The number of hydrogen-bond donors (Lipinski definition) is 1. The number of aryl methyl sites for hydroxylation is 1. The number of hydrogen-bond acceptors (Lipinski definition) is 6. The molecule has 0 radical (unpaired) electrons. The van der Waals surface area contributed by atoms with Gasteiger partial charge in [-0.15, -0.1) is 5.10 Å². The summed E-state index contributed by atoms with van der Waals surface area (Å²) in [4.78, 5) is 9.06. The van der Waals surface area contributed by atoms with Gasteiger partial charge < -0.3 is 5.11 Å². The van der Waals surface area contributed by atoms with Crippen LogP contribution in [0, 0.1) is 0 Å². The Hall–Kier alpha value is -2.56. The summed E-state index contributed by atoms with van der Waals surface area (Å²) >= 11 is 0. The average molecular weight is 383 g/mol. The monoisotopic (exact) mass is 383 g/mol. The lowest BCUT2D eigenvalue weighted by atomic mass is 9.95. The first-order chi connectivity index (χ1) is 12.5. The predicted molar refractivity (Wildman–Crippen MR) is 90.7 cm³/mol. The van der Waals surface area contributed by atoms with Crippen molar-refractivity contribution in [3.8, 4) is 11.4 Å². The fourth-order valence-corrected chi connectivity index (χ4v) is 2.63. The SMILES string of the molecule is Cn1nccc1-c1nc(C(C)(C)C)nc2c1nnn2CC(O)CC(F)(F)F. The van der Waals surface area contributed by atoms with E-state index in [0.29, 0.717) is 22.7 Å². The summed E-state index contributed by atoms with van der Waals surface area (Å²) in [6.45, 7) is 5.40. The molecule has 0 spiro atoms. The molecule has 0 aliphatic rings. The summed E-state index contributed by atoms with van der Waals surface area (Å²) in [5.41, 5.74) is 1.36. The molecule has 3 heterocycles. The molecule has 8 nitrogen and oxygen atoms in total. The number of fused-ring (bicyclic) bond motifs is 1. The van der Waals surface area contributed by atoms with Gasteiger partial charge >= 0.3 is 6.18 Å². The van der Waals surface area contributed by atoms with E-state index < -0.39 is 24.1 Å². The second-order valence-electron chi connectivity index (χ2n) is 7.40. The van der Waals surface area contributed by atoms with Gasteiger partial charge in [-0.2, -0.15) is 18.3 Å². The van der Waals surface area contributed by atoms with Crippen LogP contribution in [0.2, 0.25) is 0 Å². The Morgan fingerprint density at radius 2 is 1.89 bits per heavy atom. The zero-order valence-electron chi connectivity index (χ0n) is 15.4. The molecule has 0 aliphatic carbocycles. The quantitative estimate of drug-likeness (QED) is 0.743. The molecule has 0 aliphatic heterocycles. The first-order valence-corrected chi connectivity index (χ1v) is 8.30. The van der Waals surface area contributed by atoms with Gasteiger partial charge in [0.25, 0.3) is 0 Å². The molecule has 1 N–H and O–H groups in total. The van der Waals surface area contributed by atoms with Crippen molar-refractivity contribution in [1.29, 1.82) is 0 Å². The second kappa shape index (κ2) is 6.55. The summed E-state index contributed by atoms with van der Waals surface area (Å²) in [6, 6.07) is 1.76. The van der Waals surface area contributed by atoms with Crippen LogP contribution in [0.25, 0.3) is 22.6 Å². The molecule has 0 saturated carbocycles. The van der Waals surface area contributed by atoms with Crippen molar-refractivity contribution in [2.75, 3.05) is 0 Å². The predicted octanol–water partition coefficient (Wildman–Crippen LogP) is 2.23. The Bertz CT molecular complexity index is 955. The van der Waals surface area contributed by atoms with Crippen LogP contribution in [0.1, 0.15) is 33.0 Å². The smallest absolute Gasteiger partial charge is 0.391 e. The van der Waals surface area contributed by atoms with Crippen LogP contribution < -0.4 is 0 Å². The molecule has 3 rings (SSSR count). The number of halogens is 3. The minimum atomic E-state index is -4.47. The molecule has 0 amide bonds. The van der Waals surface area contributed by atoms with Gasteiger partial charge in [0, 0.05) is 18.7 Å². The highest BCUT2D eigenvalue weighted by Crippen LogP contribution is 2.28. The van der Waals surface area contributed by atoms with Gasteiger partial charge in [0.05, 0.1) is 24.8 Å². The molecule has 0 aromatic carbocycles. The number of nitrogens with zero attached hydrogens (tertiary/aromatic N) is 7. The molecule has 0 bridgehead atoms. The largest absolute Gasteiger partial charge is 0.391 e. The minimum Gasteiger partial charge on any atom is -0.391 e. The van der Waals surface area contributed by atoms with Crippen molar-refractivity contribution >= 4 is 11.2 Å². The van der Waals surface area contributed by atoms with Crippen LogP contribution in [0.3, 0.4) is 0 Å². The van der Waals surface area contributed by atoms with Crippen LogP contribution >= 0.6 is 0 Å². The van der Waals surface area contributed by atoms with E-state index in [1.54, 1.807) is 24.0 Å². The lowest BCUT2D eigenvalue weighted by Gasteiger charge is -2.18. The van der Waals surface area contributed by atoms with E-state index in [-0.39, 0.29) is 12.2 Å². The van der Waals surface area contributed by atoms with Crippen molar-refractivity contribution in [3.63, 3.8) is 0 Å². The first-order valence-electron chi connectivity index (χ1n) is 8.30. The number of aromatic nitrogens is 7. The van der Waals surface area contributed by atoms with Crippen molar-refractivity contribution < 1.29 is 18.3 Å². The average Bonchev–Trinajstić information content (AvgIpc) is 3.10. The van der Waals surface area contributed by atoms with Gasteiger partial charge in [0.1, 0.15) is 11.5 Å². The standard InChI is InChI=1S/C16H20F3N7O/c1-15(2,3)14-21-11(10-5-6-20-25(10)4)12-13(22-14)26(24-23-12)8-9(27)7-16(17,18)19/h5-6,9,27H,7-8H2,1-4H3. The Balaban J connectivity index is 2.12. The van der Waals surface area contributed by atoms with E-state index in [4.69, 9.17) is 0 Å². The van der Waals surface area contributed by atoms with Gasteiger partial charge in [-0.05, 0) is 6.07 Å². The zero-order chi connectivity index (χ0) is 20.0. The Labute approximate surface area is 153 Å². The van der Waals surface area contributed by atoms with Crippen molar-refractivity contribution in [2.45, 2.75) is 51.4 Å². The number of alkyl halides is 3. The van der Waals surface area contributed by atoms with Crippen LogP contribution in [-0.2, 0) is 19.0 Å². The van der Waals surface area contributed by atoms with Crippen molar-refractivity contribution in [3.05, 3.63) is 18.1 Å². The maximum Gasteiger partial charge on any atom is 0.391 e. The summed E-state index contributed by atoms with van der Waals surface area (Å²) in [6.07, 6.45) is -5.85. The van der Waals surface area contributed by atoms with Gasteiger partial charge in [-0.25, -0.2) is 14.6 Å². The van der Waals surface area contributed by atoms with E-state index in [9.17, 15) is 18.3 Å². The highest BCUT2D eigenvalue weighted by molar-refractivity contribution is 5.85. The van der Waals surface area contributed by atoms with Crippen molar-refractivity contribution in [1.82, 2.24) is 34.7 Å². The molecule has 1 unspecified atom stereocenters. The van der Waals surface area contributed by atoms with E-state index in [1.807, 2.05) is 20.8 Å². The second-order valence-corrected chi connectivity index (χ2v) is 7.40. The third-order valence-corrected chi connectivity index (χ3v) is 3.95. The highest BCUT2D eigenvalue weighted by atomic mass is 19.4. The Kier molecular flexibility index (Phi) is 4.66. The van der Waals surface area contributed by atoms with E-state index in [1.165, 1.54) is 4.68 Å². The summed E-state index contributed by atoms with van der Waals surface area (Å²) in [5, 5.41) is 21.8. The van der Waals surface area contributed by atoms with Gasteiger partial charge in [0.15, 0.2) is 11.2 Å². The highest BCUT2D eigenvalue weighted by Gasteiger charge is 2.32. The third kappa shape index (κ3) is 4.07. The third-order valence-electron chi connectivity index (χ3n) is 3.95. The Morgan fingerprint density at radius 1 is 1.19 bits per heavy atom. The molecular weight excluding hydrogens is 363 g/mol.